The molecule has 0 bridgehead atoms. The number of hydrogen-bond donors (Lipinski definition) is 3. The van der Waals surface area contributed by atoms with Crippen LogP contribution in [0, 0.1) is 0 Å². The Morgan fingerprint density at radius 2 is 2.04 bits per heavy atom. The van der Waals surface area contributed by atoms with E-state index in [9.17, 15) is 14.4 Å². The second kappa shape index (κ2) is 6.57. The number of carbonyl (C=O) groups is 3. The van der Waals surface area contributed by atoms with Crippen LogP contribution in [-0.2, 0) is 22.7 Å². The lowest BCUT2D eigenvalue weighted by molar-refractivity contribution is -0.136. The highest BCUT2D eigenvalue weighted by Crippen LogP contribution is 2.28. The van der Waals surface area contributed by atoms with Gasteiger partial charge < -0.3 is 15.5 Å². The summed E-state index contributed by atoms with van der Waals surface area (Å²) in [5.74, 6) is -0.751. The minimum Gasteiger partial charge on any atom is -0.322 e. The Bertz CT molecular complexity index is 729. The molecule has 3 heterocycles. The Morgan fingerprint density at radius 3 is 2.76 bits per heavy atom. The number of rotatable bonds is 5. The number of imide groups is 1. The van der Waals surface area contributed by atoms with Crippen LogP contribution in [0.2, 0.25) is 0 Å². The topological polar surface area (TPSA) is 90.5 Å². The minimum atomic E-state index is -0.552. The van der Waals surface area contributed by atoms with E-state index in [4.69, 9.17) is 0 Å². The molecule has 3 aliphatic heterocycles. The first-order valence-electron chi connectivity index (χ1n) is 8.82. The van der Waals surface area contributed by atoms with E-state index in [0.717, 1.165) is 30.8 Å². The largest absolute Gasteiger partial charge is 0.322 e. The molecule has 1 unspecified atom stereocenters. The highest BCUT2D eigenvalue weighted by atomic mass is 16.2. The standard InChI is InChI=1S/C18H22N4O3/c23-16-4-3-15(17(24)21-16)22-10-12-2-1-11(7-14(12)18(22)25)8-19-9-13-5-6-20-13/h1-2,7,13,15,19-20H,3-6,8-10H2,(H,21,23,24)/t13-,15?/m0/s1. The zero-order valence-electron chi connectivity index (χ0n) is 14.0. The Labute approximate surface area is 146 Å². The average molecular weight is 342 g/mol. The van der Waals surface area contributed by atoms with Gasteiger partial charge in [-0.3, -0.25) is 19.7 Å². The Hall–Kier alpha value is -2.25. The number of piperidine rings is 1. The first kappa shape index (κ1) is 16.2. The second-order valence-corrected chi connectivity index (χ2v) is 6.96. The molecule has 132 valence electrons. The van der Waals surface area contributed by atoms with Crippen LogP contribution in [0.1, 0.15) is 40.7 Å². The van der Waals surface area contributed by atoms with Gasteiger partial charge in [-0.2, -0.15) is 0 Å². The molecule has 0 aliphatic carbocycles. The molecule has 0 spiro atoms. The van der Waals surface area contributed by atoms with Gasteiger partial charge in [-0.25, -0.2) is 0 Å². The average Bonchev–Trinajstić information content (AvgIpc) is 2.86. The van der Waals surface area contributed by atoms with Crippen LogP contribution in [0.15, 0.2) is 18.2 Å². The third-order valence-corrected chi connectivity index (χ3v) is 5.24. The molecule has 1 aromatic carbocycles. The molecular formula is C18H22N4O3. The number of nitrogens with one attached hydrogen (secondary N) is 3. The molecule has 2 atom stereocenters. The third-order valence-electron chi connectivity index (χ3n) is 5.24. The normalized spacial score (nSPS) is 25.6. The minimum absolute atomic E-state index is 0.119. The fourth-order valence-corrected chi connectivity index (χ4v) is 3.63. The van der Waals surface area contributed by atoms with Crippen molar-refractivity contribution >= 4 is 17.7 Å². The second-order valence-electron chi connectivity index (χ2n) is 6.96. The van der Waals surface area contributed by atoms with Gasteiger partial charge in [0.15, 0.2) is 0 Å². The van der Waals surface area contributed by atoms with Crippen molar-refractivity contribution < 1.29 is 14.4 Å². The van der Waals surface area contributed by atoms with Crippen LogP contribution in [0.5, 0.6) is 0 Å². The summed E-state index contributed by atoms with van der Waals surface area (Å²) in [4.78, 5) is 37.7. The van der Waals surface area contributed by atoms with E-state index in [2.05, 4.69) is 16.0 Å². The Kier molecular flexibility index (Phi) is 4.27. The maximum atomic E-state index is 12.7. The zero-order chi connectivity index (χ0) is 17.4. The van der Waals surface area contributed by atoms with Crippen molar-refractivity contribution in [2.75, 3.05) is 13.1 Å². The van der Waals surface area contributed by atoms with E-state index in [0.29, 0.717) is 24.6 Å². The summed E-state index contributed by atoms with van der Waals surface area (Å²) in [6.07, 6.45) is 1.88. The number of carbonyl (C=O) groups excluding carboxylic acids is 3. The lowest BCUT2D eigenvalue weighted by atomic mass is 10.0. The fourth-order valence-electron chi connectivity index (χ4n) is 3.63. The van der Waals surface area contributed by atoms with Gasteiger partial charge in [0, 0.05) is 37.7 Å². The van der Waals surface area contributed by atoms with Crippen LogP contribution in [0.3, 0.4) is 0 Å². The molecule has 4 rings (SSSR count). The van der Waals surface area contributed by atoms with Crippen molar-refractivity contribution in [3.05, 3.63) is 34.9 Å². The van der Waals surface area contributed by atoms with E-state index in [1.165, 1.54) is 6.42 Å². The molecule has 2 fully saturated rings. The van der Waals surface area contributed by atoms with Gasteiger partial charge in [0.05, 0.1) is 0 Å². The first-order chi connectivity index (χ1) is 12.1. The molecule has 3 aliphatic rings. The molecule has 0 aromatic heterocycles. The van der Waals surface area contributed by atoms with Gasteiger partial charge in [0.1, 0.15) is 6.04 Å². The van der Waals surface area contributed by atoms with Crippen molar-refractivity contribution in [2.45, 2.75) is 44.4 Å². The highest BCUT2D eigenvalue weighted by molar-refractivity contribution is 6.05. The van der Waals surface area contributed by atoms with E-state index in [1.807, 2.05) is 18.2 Å². The van der Waals surface area contributed by atoms with Crippen molar-refractivity contribution in [1.29, 1.82) is 0 Å². The van der Waals surface area contributed by atoms with Gasteiger partial charge >= 0.3 is 0 Å². The van der Waals surface area contributed by atoms with Crippen molar-refractivity contribution in [3.63, 3.8) is 0 Å². The number of nitrogens with zero attached hydrogens (tertiary/aromatic N) is 1. The molecule has 3 N–H and O–H groups in total. The van der Waals surface area contributed by atoms with Crippen molar-refractivity contribution in [3.8, 4) is 0 Å². The summed E-state index contributed by atoms with van der Waals surface area (Å²) in [6.45, 7) is 3.17. The van der Waals surface area contributed by atoms with E-state index >= 15 is 0 Å². The molecule has 1 aromatic rings. The van der Waals surface area contributed by atoms with Crippen molar-refractivity contribution in [1.82, 2.24) is 20.9 Å². The van der Waals surface area contributed by atoms with Crippen LogP contribution in [0.4, 0.5) is 0 Å². The number of fused-ring (bicyclic) bond motifs is 1. The lowest BCUT2D eigenvalue weighted by Gasteiger charge is -2.29. The van der Waals surface area contributed by atoms with Crippen molar-refractivity contribution in [2.24, 2.45) is 0 Å². The van der Waals surface area contributed by atoms with Crippen LogP contribution in [-0.4, -0.2) is 47.8 Å². The lowest BCUT2D eigenvalue weighted by Crippen LogP contribution is -2.52. The van der Waals surface area contributed by atoms with Crippen LogP contribution < -0.4 is 16.0 Å². The molecule has 2 saturated heterocycles. The van der Waals surface area contributed by atoms with Gasteiger partial charge in [0.25, 0.3) is 5.91 Å². The first-order valence-corrected chi connectivity index (χ1v) is 8.82. The summed E-state index contributed by atoms with van der Waals surface area (Å²) in [6, 6.07) is 5.92. The van der Waals surface area contributed by atoms with E-state index in [-0.39, 0.29) is 24.1 Å². The molecule has 7 heteroatoms. The third kappa shape index (κ3) is 3.17. The maximum Gasteiger partial charge on any atom is 0.255 e. The number of benzene rings is 1. The molecule has 0 saturated carbocycles. The van der Waals surface area contributed by atoms with Gasteiger partial charge in [0.2, 0.25) is 11.8 Å². The van der Waals surface area contributed by atoms with E-state index in [1.54, 1.807) is 4.90 Å². The Morgan fingerprint density at radius 1 is 1.20 bits per heavy atom. The summed E-state index contributed by atoms with van der Waals surface area (Å²) in [5, 5.41) is 9.08. The Balaban J connectivity index is 1.42. The van der Waals surface area contributed by atoms with Gasteiger partial charge in [-0.05, 0) is 36.6 Å². The summed E-state index contributed by atoms with van der Waals surface area (Å²) < 4.78 is 0. The quantitative estimate of drug-likeness (QED) is 0.650. The molecule has 25 heavy (non-hydrogen) atoms. The SMILES string of the molecule is O=C1CCC(N2Cc3ccc(CNC[C@@H]4CCN4)cc3C2=O)C(=O)N1. The van der Waals surface area contributed by atoms with Gasteiger partial charge in [-0.15, -0.1) is 0 Å². The predicted molar refractivity (Wildman–Crippen MR) is 90.6 cm³/mol. The summed E-state index contributed by atoms with van der Waals surface area (Å²) in [5.41, 5.74) is 2.68. The summed E-state index contributed by atoms with van der Waals surface area (Å²) >= 11 is 0. The van der Waals surface area contributed by atoms with Crippen LogP contribution >= 0.6 is 0 Å². The maximum absolute atomic E-state index is 12.7. The predicted octanol–water partition coefficient (Wildman–Crippen LogP) is -0.101. The zero-order valence-corrected chi connectivity index (χ0v) is 14.0. The molecule has 7 nitrogen and oxygen atoms in total. The van der Waals surface area contributed by atoms with Gasteiger partial charge in [-0.1, -0.05) is 12.1 Å². The van der Waals surface area contributed by atoms with Crippen LogP contribution in [0.25, 0.3) is 0 Å². The smallest absolute Gasteiger partial charge is 0.255 e. The number of amides is 3. The van der Waals surface area contributed by atoms with E-state index < -0.39 is 6.04 Å². The molecule has 0 radical (unpaired) electrons. The summed E-state index contributed by atoms with van der Waals surface area (Å²) in [7, 11) is 0. The molecular weight excluding hydrogens is 320 g/mol. The monoisotopic (exact) mass is 342 g/mol. The molecule has 3 amide bonds. The fraction of sp³-hybridized carbons (Fsp3) is 0.500. The highest BCUT2D eigenvalue weighted by Gasteiger charge is 2.39. The number of hydrogen-bond acceptors (Lipinski definition) is 5.